The van der Waals surface area contributed by atoms with Gasteiger partial charge in [-0.05, 0) is 42.6 Å². The van der Waals surface area contributed by atoms with E-state index in [-0.39, 0.29) is 6.04 Å². The number of hydrogen-bond acceptors (Lipinski definition) is 3. The van der Waals surface area contributed by atoms with Crippen LogP contribution in [0.1, 0.15) is 22.0 Å². The molecule has 2 rings (SSSR count). The Morgan fingerprint density at radius 1 is 1.37 bits per heavy atom. The van der Waals surface area contributed by atoms with Gasteiger partial charge in [0.05, 0.1) is 0 Å². The van der Waals surface area contributed by atoms with Crippen LogP contribution in [0.3, 0.4) is 0 Å². The van der Waals surface area contributed by atoms with E-state index < -0.39 is 0 Å². The van der Waals surface area contributed by atoms with E-state index in [1.807, 2.05) is 0 Å². The minimum Gasteiger partial charge on any atom is -0.329 e. The summed E-state index contributed by atoms with van der Waals surface area (Å²) in [5.41, 5.74) is 8.50. The number of benzene rings is 1. The average molecular weight is 339 g/mol. The van der Waals surface area contributed by atoms with Crippen molar-refractivity contribution in [2.24, 2.45) is 5.73 Å². The van der Waals surface area contributed by atoms with Crippen LogP contribution in [0.15, 0.2) is 40.2 Å². The summed E-state index contributed by atoms with van der Waals surface area (Å²) in [6.45, 7) is 3.64. The van der Waals surface area contributed by atoms with Gasteiger partial charge in [-0.1, -0.05) is 34.1 Å². The topological polar surface area (TPSA) is 29.3 Å². The van der Waals surface area contributed by atoms with Crippen molar-refractivity contribution >= 4 is 27.3 Å². The summed E-state index contributed by atoms with van der Waals surface area (Å²) in [7, 11) is 2.13. The second-order valence-corrected chi connectivity index (χ2v) is 6.66. The summed E-state index contributed by atoms with van der Waals surface area (Å²) in [6.07, 6.45) is 0. The van der Waals surface area contributed by atoms with E-state index in [0.717, 1.165) is 11.0 Å². The highest BCUT2D eigenvalue weighted by Crippen LogP contribution is 2.28. The number of rotatable bonds is 5. The minimum atomic E-state index is 0.233. The predicted octanol–water partition coefficient (Wildman–Crippen LogP) is 3.95. The Morgan fingerprint density at radius 2 is 2.16 bits per heavy atom. The molecule has 0 aliphatic heterocycles. The lowest BCUT2D eigenvalue weighted by Crippen LogP contribution is -2.30. The van der Waals surface area contributed by atoms with Gasteiger partial charge in [-0.3, -0.25) is 4.90 Å². The molecular weight excluding hydrogens is 320 g/mol. The molecule has 0 spiro atoms. The first kappa shape index (κ1) is 14.7. The summed E-state index contributed by atoms with van der Waals surface area (Å²) in [4.78, 5) is 3.67. The van der Waals surface area contributed by atoms with Crippen molar-refractivity contribution in [3.63, 3.8) is 0 Å². The number of nitrogens with two attached hydrogens (primary N) is 1. The SMILES string of the molecule is Cc1ccc(C(CN)N(C)Cc2cccs2)c(Br)c1. The van der Waals surface area contributed by atoms with Gasteiger partial charge < -0.3 is 5.73 Å². The summed E-state index contributed by atoms with van der Waals surface area (Å²) in [5, 5.41) is 2.11. The monoisotopic (exact) mass is 338 g/mol. The molecule has 2 aromatic rings. The molecular formula is C15H19BrN2S. The normalized spacial score (nSPS) is 12.9. The lowest BCUT2D eigenvalue weighted by atomic mass is 10.0. The largest absolute Gasteiger partial charge is 0.329 e. The number of thiophene rings is 1. The van der Waals surface area contributed by atoms with E-state index in [0.29, 0.717) is 6.54 Å². The summed E-state index contributed by atoms with van der Waals surface area (Å²) >= 11 is 5.44. The molecule has 0 amide bonds. The second-order valence-electron chi connectivity index (χ2n) is 4.77. The zero-order valence-electron chi connectivity index (χ0n) is 11.3. The fourth-order valence-corrected chi connectivity index (χ4v) is 3.73. The van der Waals surface area contributed by atoms with Crippen molar-refractivity contribution in [3.8, 4) is 0 Å². The van der Waals surface area contributed by atoms with E-state index in [1.165, 1.54) is 16.0 Å². The minimum absolute atomic E-state index is 0.233. The van der Waals surface area contributed by atoms with Gasteiger partial charge in [-0.25, -0.2) is 0 Å². The van der Waals surface area contributed by atoms with E-state index >= 15 is 0 Å². The summed E-state index contributed by atoms with van der Waals surface area (Å²) in [5.74, 6) is 0. The Kier molecular flexibility index (Phi) is 5.16. The molecule has 4 heteroatoms. The van der Waals surface area contributed by atoms with Crippen LogP contribution >= 0.6 is 27.3 Å². The molecule has 1 unspecified atom stereocenters. The van der Waals surface area contributed by atoms with E-state index in [1.54, 1.807) is 11.3 Å². The number of likely N-dealkylation sites (N-methyl/N-ethyl adjacent to an activating group) is 1. The fourth-order valence-electron chi connectivity index (χ4n) is 2.21. The Balaban J connectivity index is 2.18. The van der Waals surface area contributed by atoms with Crippen molar-refractivity contribution in [1.29, 1.82) is 0 Å². The van der Waals surface area contributed by atoms with Crippen molar-refractivity contribution in [1.82, 2.24) is 4.90 Å². The van der Waals surface area contributed by atoms with Crippen LogP contribution in [-0.2, 0) is 6.54 Å². The smallest absolute Gasteiger partial charge is 0.0482 e. The first-order chi connectivity index (χ1) is 9.11. The van der Waals surface area contributed by atoms with E-state index in [2.05, 4.69) is 70.5 Å². The quantitative estimate of drug-likeness (QED) is 0.894. The second kappa shape index (κ2) is 6.66. The molecule has 1 aromatic heterocycles. The molecule has 1 aromatic carbocycles. The van der Waals surface area contributed by atoms with E-state index in [9.17, 15) is 0 Å². The van der Waals surface area contributed by atoms with Crippen LogP contribution in [0.5, 0.6) is 0 Å². The molecule has 0 bridgehead atoms. The highest BCUT2D eigenvalue weighted by atomic mass is 79.9. The molecule has 0 saturated heterocycles. The van der Waals surface area contributed by atoms with Gasteiger partial charge in [0.1, 0.15) is 0 Å². The first-order valence-electron chi connectivity index (χ1n) is 6.30. The molecule has 0 saturated carbocycles. The third kappa shape index (κ3) is 3.66. The molecule has 2 nitrogen and oxygen atoms in total. The third-order valence-electron chi connectivity index (χ3n) is 3.26. The average Bonchev–Trinajstić information content (AvgIpc) is 2.85. The number of hydrogen-bond donors (Lipinski definition) is 1. The Hall–Kier alpha value is -0.680. The molecule has 0 radical (unpaired) electrons. The van der Waals surface area contributed by atoms with Crippen molar-refractivity contribution in [3.05, 3.63) is 56.2 Å². The van der Waals surface area contributed by atoms with Gasteiger partial charge in [-0.15, -0.1) is 11.3 Å². The Labute approximate surface area is 127 Å². The van der Waals surface area contributed by atoms with Gasteiger partial charge in [0.2, 0.25) is 0 Å². The van der Waals surface area contributed by atoms with Gasteiger partial charge in [0.15, 0.2) is 0 Å². The van der Waals surface area contributed by atoms with Crippen LogP contribution < -0.4 is 5.73 Å². The fraction of sp³-hybridized carbons (Fsp3) is 0.333. The maximum atomic E-state index is 5.98. The van der Waals surface area contributed by atoms with Gasteiger partial charge >= 0.3 is 0 Å². The number of halogens is 1. The molecule has 1 atom stereocenters. The van der Waals surface area contributed by atoms with Gasteiger partial charge in [-0.2, -0.15) is 0 Å². The number of aryl methyl sites for hydroxylation is 1. The molecule has 2 N–H and O–H groups in total. The van der Waals surface area contributed by atoms with Crippen molar-refractivity contribution in [2.75, 3.05) is 13.6 Å². The molecule has 1 heterocycles. The van der Waals surface area contributed by atoms with Crippen LogP contribution in [0.25, 0.3) is 0 Å². The van der Waals surface area contributed by atoms with Crippen LogP contribution in [0, 0.1) is 6.92 Å². The molecule has 19 heavy (non-hydrogen) atoms. The lowest BCUT2D eigenvalue weighted by molar-refractivity contribution is 0.243. The predicted molar refractivity (Wildman–Crippen MR) is 86.5 cm³/mol. The van der Waals surface area contributed by atoms with Crippen molar-refractivity contribution < 1.29 is 0 Å². The summed E-state index contributed by atoms with van der Waals surface area (Å²) < 4.78 is 1.14. The molecule has 0 aliphatic rings. The van der Waals surface area contributed by atoms with Crippen LogP contribution in [0.2, 0.25) is 0 Å². The zero-order chi connectivity index (χ0) is 13.8. The molecule has 102 valence electrons. The first-order valence-corrected chi connectivity index (χ1v) is 7.98. The highest BCUT2D eigenvalue weighted by Gasteiger charge is 2.18. The molecule has 0 fully saturated rings. The van der Waals surface area contributed by atoms with E-state index in [4.69, 9.17) is 5.73 Å². The van der Waals surface area contributed by atoms with Crippen LogP contribution in [0.4, 0.5) is 0 Å². The Bertz CT molecular complexity index is 525. The maximum absolute atomic E-state index is 5.98. The van der Waals surface area contributed by atoms with Gasteiger partial charge in [0, 0.05) is 28.5 Å². The third-order valence-corrected chi connectivity index (χ3v) is 4.80. The molecule has 0 aliphatic carbocycles. The lowest BCUT2D eigenvalue weighted by Gasteiger charge is -2.28. The zero-order valence-corrected chi connectivity index (χ0v) is 13.7. The number of nitrogens with zero attached hydrogens (tertiary/aromatic N) is 1. The van der Waals surface area contributed by atoms with Gasteiger partial charge in [0.25, 0.3) is 0 Å². The standard InChI is InChI=1S/C15H19BrN2S/c1-11-5-6-13(14(16)8-11)15(9-17)18(2)10-12-4-3-7-19-12/h3-8,15H,9-10,17H2,1-2H3. The van der Waals surface area contributed by atoms with Crippen molar-refractivity contribution in [2.45, 2.75) is 19.5 Å². The Morgan fingerprint density at radius 3 is 2.74 bits per heavy atom. The maximum Gasteiger partial charge on any atom is 0.0482 e. The highest BCUT2D eigenvalue weighted by molar-refractivity contribution is 9.10. The van der Waals surface area contributed by atoms with Crippen LogP contribution in [-0.4, -0.2) is 18.5 Å². The summed E-state index contributed by atoms with van der Waals surface area (Å²) in [6, 6.07) is 10.9.